The molecule has 1 fully saturated rings. The Hall–Kier alpha value is -2.00. The average Bonchev–Trinajstić information content (AvgIpc) is 3.17. The summed E-state index contributed by atoms with van der Waals surface area (Å²) in [5.41, 5.74) is 1.12. The summed E-state index contributed by atoms with van der Waals surface area (Å²) in [6, 6.07) is 5.53. The normalized spacial score (nSPS) is 15.3. The van der Waals surface area contributed by atoms with E-state index < -0.39 is 6.10 Å². The highest BCUT2D eigenvalue weighted by Crippen LogP contribution is 2.40. The Morgan fingerprint density at radius 2 is 2.28 bits per heavy atom. The number of thiophene rings is 1. The number of H-pyrrole nitrogens is 1. The fraction of sp³-hybridized carbons (Fsp3) is 0.312. The first-order valence-electron chi connectivity index (χ1n) is 7.88. The van der Waals surface area contributed by atoms with E-state index >= 15 is 0 Å². The van der Waals surface area contributed by atoms with Crippen LogP contribution in [0, 0.1) is 0 Å². The SMILES string of the molecule is OCC(O)c1ccc(-c2ncc(Cl)c(Nc3cc(C4CC4)[nH]n3)n2)s1.[HH]. The molecule has 7 nitrogen and oxygen atoms in total. The van der Waals surface area contributed by atoms with Crippen molar-refractivity contribution in [1.29, 1.82) is 0 Å². The Morgan fingerprint density at radius 3 is 3.04 bits per heavy atom. The van der Waals surface area contributed by atoms with E-state index in [9.17, 15) is 5.11 Å². The number of nitrogens with one attached hydrogen (secondary N) is 2. The fourth-order valence-corrected chi connectivity index (χ4v) is 3.51. The second-order valence-electron chi connectivity index (χ2n) is 5.90. The van der Waals surface area contributed by atoms with Crippen LogP contribution in [0.3, 0.4) is 0 Å². The van der Waals surface area contributed by atoms with Crippen molar-refractivity contribution >= 4 is 34.6 Å². The van der Waals surface area contributed by atoms with Crippen LogP contribution in [0.5, 0.6) is 0 Å². The monoisotopic (exact) mass is 379 g/mol. The third-order valence-electron chi connectivity index (χ3n) is 3.95. The van der Waals surface area contributed by atoms with Gasteiger partial charge in [0.15, 0.2) is 17.5 Å². The zero-order valence-corrected chi connectivity index (χ0v) is 14.7. The van der Waals surface area contributed by atoms with E-state index in [1.165, 1.54) is 30.4 Å². The molecular weight excluding hydrogens is 362 g/mol. The quantitative estimate of drug-likeness (QED) is 0.522. The maximum Gasteiger partial charge on any atom is 0.171 e. The number of nitrogens with zero attached hydrogens (tertiary/aromatic N) is 3. The average molecular weight is 380 g/mol. The molecule has 1 aliphatic carbocycles. The first-order valence-corrected chi connectivity index (χ1v) is 9.07. The molecule has 0 bridgehead atoms. The molecule has 3 heterocycles. The van der Waals surface area contributed by atoms with Gasteiger partial charge >= 0.3 is 0 Å². The fourth-order valence-electron chi connectivity index (χ4n) is 2.44. The van der Waals surface area contributed by atoms with Gasteiger partial charge in [0, 0.05) is 24.0 Å². The van der Waals surface area contributed by atoms with Crippen molar-refractivity contribution in [2.24, 2.45) is 0 Å². The maximum absolute atomic E-state index is 9.71. The van der Waals surface area contributed by atoms with Crippen LogP contribution in [0.15, 0.2) is 24.4 Å². The van der Waals surface area contributed by atoms with Crippen molar-refractivity contribution in [3.05, 3.63) is 40.0 Å². The molecule has 9 heteroatoms. The summed E-state index contributed by atoms with van der Waals surface area (Å²) in [6.45, 7) is -0.323. The summed E-state index contributed by atoms with van der Waals surface area (Å²) < 4.78 is 0. The van der Waals surface area contributed by atoms with E-state index in [2.05, 4.69) is 25.5 Å². The first kappa shape index (κ1) is 16.5. The number of rotatable bonds is 6. The van der Waals surface area contributed by atoms with Crippen molar-refractivity contribution in [2.45, 2.75) is 24.9 Å². The minimum Gasteiger partial charge on any atom is -0.393 e. The highest BCUT2D eigenvalue weighted by atomic mass is 35.5. The Labute approximate surface area is 154 Å². The Bertz CT molecular complexity index is 898. The van der Waals surface area contributed by atoms with E-state index in [-0.39, 0.29) is 8.03 Å². The van der Waals surface area contributed by atoms with Gasteiger partial charge in [0.05, 0.1) is 17.7 Å². The standard InChI is InChI=1S/C16H16ClN5O2S.H2/c17-9-6-18-16(13-4-3-12(25-13)11(24)7-23)20-15(9)19-14-5-10(21-22-14)8-1-2-8;/h3-6,8,11,23-24H,1-2,7H2,(H2,18,19,20,21,22);1H. The second-order valence-corrected chi connectivity index (χ2v) is 7.42. The van der Waals surface area contributed by atoms with Gasteiger partial charge < -0.3 is 15.5 Å². The Morgan fingerprint density at radius 1 is 1.44 bits per heavy atom. The Balaban J connectivity index is 0.00000196. The molecule has 132 valence electrons. The van der Waals surface area contributed by atoms with Crippen LogP contribution in [0.2, 0.25) is 5.02 Å². The summed E-state index contributed by atoms with van der Waals surface area (Å²) in [4.78, 5) is 10.2. The number of hydrogen-bond acceptors (Lipinski definition) is 7. The van der Waals surface area contributed by atoms with E-state index in [1.807, 2.05) is 12.1 Å². The number of hydrogen-bond donors (Lipinski definition) is 4. The summed E-state index contributed by atoms with van der Waals surface area (Å²) in [6.07, 6.45) is 3.03. The van der Waals surface area contributed by atoms with Gasteiger partial charge in [0.2, 0.25) is 0 Å². The molecule has 0 spiro atoms. The largest absolute Gasteiger partial charge is 0.393 e. The molecule has 0 aromatic carbocycles. The van der Waals surface area contributed by atoms with Crippen LogP contribution in [-0.2, 0) is 0 Å². The van der Waals surface area contributed by atoms with E-state index in [4.69, 9.17) is 16.7 Å². The molecule has 0 aliphatic heterocycles. The number of aliphatic hydroxyl groups excluding tert-OH is 2. The molecule has 0 radical (unpaired) electrons. The van der Waals surface area contributed by atoms with Crippen LogP contribution in [0.25, 0.3) is 10.7 Å². The minimum atomic E-state index is -0.895. The molecule has 1 aliphatic rings. The van der Waals surface area contributed by atoms with Crippen molar-refractivity contribution < 1.29 is 11.6 Å². The third kappa shape index (κ3) is 3.52. The van der Waals surface area contributed by atoms with E-state index in [0.29, 0.717) is 33.3 Å². The van der Waals surface area contributed by atoms with Gasteiger partial charge in [-0.1, -0.05) is 11.6 Å². The highest BCUT2D eigenvalue weighted by molar-refractivity contribution is 7.15. The van der Waals surface area contributed by atoms with Gasteiger partial charge in [-0.05, 0) is 25.0 Å². The molecule has 0 amide bonds. The van der Waals surface area contributed by atoms with Gasteiger partial charge in [0.1, 0.15) is 11.1 Å². The Kier molecular flexibility index (Phi) is 4.43. The van der Waals surface area contributed by atoms with Crippen molar-refractivity contribution in [3.63, 3.8) is 0 Å². The van der Waals surface area contributed by atoms with Gasteiger partial charge in [-0.25, -0.2) is 9.97 Å². The van der Waals surface area contributed by atoms with Crippen molar-refractivity contribution in [1.82, 2.24) is 20.2 Å². The summed E-state index contributed by atoms with van der Waals surface area (Å²) in [7, 11) is 0. The lowest BCUT2D eigenvalue weighted by Gasteiger charge is -2.06. The zero-order chi connectivity index (χ0) is 17.4. The predicted molar refractivity (Wildman–Crippen MR) is 98.4 cm³/mol. The van der Waals surface area contributed by atoms with Crippen LogP contribution in [0.1, 0.15) is 36.9 Å². The first-order chi connectivity index (χ1) is 12.1. The molecule has 1 unspecified atom stereocenters. The summed E-state index contributed by atoms with van der Waals surface area (Å²) in [5.74, 6) is 2.21. The number of anilines is 2. The second kappa shape index (κ2) is 6.72. The molecular formula is C16H18ClN5O2S. The zero-order valence-electron chi connectivity index (χ0n) is 13.1. The number of aromatic amines is 1. The number of halogens is 1. The van der Waals surface area contributed by atoms with Gasteiger partial charge in [-0.15, -0.1) is 11.3 Å². The van der Waals surface area contributed by atoms with Gasteiger partial charge in [-0.3, -0.25) is 5.10 Å². The summed E-state index contributed by atoms with van der Waals surface area (Å²) in [5, 5.41) is 29.5. The molecule has 0 saturated heterocycles. The molecule has 3 aromatic rings. The van der Waals surface area contributed by atoms with E-state index in [0.717, 1.165) is 10.6 Å². The van der Waals surface area contributed by atoms with Crippen LogP contribution in [-0.4, -0.2) is 37.0 Å². The molecule has 3 aromatic heterocycles. The molecule has 4 rings (SSSR count). The van der Waals surface area contributed by atoms with Crippen molar-refractivity contribution in [2.75, 3.05) is 11.9 Å². The van der Waals surface area contributed by atoms with Crippen LogP contribution in [0.4, 0.5) is 11.6 Å². The molecule has 25 heavy (non-hydrogen) atoms. The van der Waals surface area contributed by atoms with Gasteiger partial charge in [0.25, 0.3) is 0 Å². The van der Waals surface area contributed by atoms with E-state index in [1.54, 1.807) is 6.07 Å². The topological polar surface area (TPSA) is 107 Å². The highest BCUT2D eigenvalue weighted by Gasteiger charge is 2.25. The van der Waals surface area contributed by atoms with Crippen LogP contribution < -0.4 is 5.32 Å². The molecule has 4 N–H and O–H groups in total. The lowest BCUT2D eigenvalue weighted by Crippen LogP contribution is -1.99. The number of aromatic nitrogens is 4. The predicted octanol–water partition coefficient (Wildman–Crippen LogP) is 3.47. The third-order valence-corrected chi connectivity index (χ3v) is 5.41. The smallest absolute Gasteiger partial charge is 0.171 e. The minimum absolute atomic E-state index is 0. The van der Waals surface area contributed by atoms with Crippen LogP contribution >= 0.6 is 22.9 Å². The lowest BCUT2D eigenvalue weighted by molar-refractivity contribution is 0.0984. The lowest BCUT2D eigenvalue weighted by atomic mass is 10.3. The van der Waals surface area contributed by atoms with Crippen molar-refractivity contribution in [3.8, 4) is 10.7 Å². The number of aliphatic hydroxyl groups is 2. The molecule has 1 atom stereocenters. The summed E-state index contributed by atoms with van der Waals surface area (Å²) >= 11 is 7.53. The molecule has 1 saturated carbocycles. The van der Waals surface area contributed by atoms with Gasteiger partial charge in [-0.2, -0.15) is 5.10 Å². The maximum atomic E-state index is 9.71.